The number of benzene rings is 2. The van der Waals surface area contributed by atoms with Crippen LogP contribution in [0.5, 0.6) is 0 Å². The van der Waals surface area contributed by atoms with E-state index in [0.717, 1.165) is 41.3 Å². The van der Waals surface area contributed by atoms with Crippen LogP contribution in [0, 0.1) is 6.92 Å². The van der Waals surface area contributed by atoms with Crippen LogP contribution >= 0.6 is 0 Å². The molecule has 2 aromatic carbocycles. The highest BCUT2D eigenvalue weighted by Gasteiger charge is 2.26. The van der Waals surface area contributed by atoms with Crippen molar-refractivity contribution in [2.45, 2.75) is 37.6 Å². The highest BCUT2D eigenvalue weighted by Crippen LogP contribution is 2.26. The van der Waals surface area contributed by atoms with Crippen LogP contribution in [-0.4, -0.2) is 36.3 Å². The molecule has 7 heteroatoms. The summed E-state index contributed by atoms with van der Waals surface area (Å²) >= 11 is 0. The quantitative estimate of drug-likeness (QED) is 0.679. The van der Waals surface area contributed by atoms with E-state index in [9.17, 15) is 13.2 Å². The van der Waals surface area contributed by atoms with Gasteiger partial charge in [-0.2, -0.15) is 4.31 Å². The summed E-state index contributed by atoms with van der Waals surface area (Å²) in [5.74, 6) is -0.183. The molecule has 1 N–H and O–H groups in total. The van der Waals surface area contributed by atoms with E-state index < -0.39 is 10.0 Å². The predicted molar refractivity (Wildman–Crippen MR) is 118 cm³/mol. The van der Waals surface area contributed by atoms with Crippen molar-refractivity contribution in [2.75, 3.05) is 13.1 Å². The Morgan fingerprint density at radius 2 is 1.77 bits per heavy atom. The maximum absolute atomic E-state index is 13.0. The molecule has 1 aromatic heterocycles. The molecule has 0 unspecified atom stereocenters. The minimum absolute atomic E-state index is 0.183. The number of carbonyl (C=O) groups excluding carboxylic acids is 1. The highest BCUT2D eigenvalue weighted by molar-refractivity contribution is 7.89. The number of rotatable bonds is 5. The summed E-state index contributed by atoms with van der Waals surface area (Å²) in [7, 11) is -1.68. The number of fused-ring (bicyclic) bond motifs is 1. The van der Waals surface area contributed by atoms with Crippen LogP contribution < -0.4 is 5.32 Å². The first kappa shape index (κ1) is 20.6. The summed E-state index contributed by atoms with van der Waals surface area (Å²) in [4.78, 5) is 13.1. The average Bonchev–Trinajstić information content (AvgIpc) is 3.09. The summed E-state index contributed by atoms with van der Waals surface area (Å²) in [5.41, 5.74) is 3.53. The van der Waals surface area contributed by atoms with E-state index in [0.29, 0.717) is 25.3 Å². The van der Waals surface area contributed by atoms with Crippen LogP contribution in [0.3, 0.4) is 0 Å². The van der Waals surface area contributed by atoms with Crippen LogP contribution in [-0.2, 0) is 23.6 Å². The number of carbonyl (C=O) groups is 1. The maximum Gasteiger partial charge on any atom is 0.268 e. The SMILES string of the molecule is Cc1ccccc1CNC(=O)c1cc2cc(S(=O)(=O)N3CCCCC3)ccc2n1C. The smallest absolute Gasteiger partial charge is 0.268 e. The van der Waals surface area contributed by atoms with Gasteiger partial charge in [0, 0.05) is 37.6 Å². The van der Waals surface area contributed by atoms with Gasteiger partial charge in [-0.3, -0.25) is 4.79 Å². The third-order valence-electron chi connectivity index (χ3n) is 5.90. The molecule has 1 aliphatic heterocycles. The van der Waals surface area contributed by atoms with Gasteiger partial charge in [0.05, 0.1) is 4.90 Å². The Labute approximate surface area is 177 Å². The van der Waals surface area contributed by atoms with Crippen LogP contribution in [0.2, 0.25) is 0 Å². The molecule has 1 aliphatic rings. The molecular formula is C23H27N3O3S. The predicted octanol–water partition coefficient (Wildman–Crippen LogP) is 3.59. The molecule has 1 amide bonds. The molecule has 0 radical (unpaired) electrons. The topological polar surface area (TPSA) is 71.4 Å². The van der Waals surface area contributed by atoms with E-state index in [4.69, 9.17) is 0 Å². The molecule has 3 aromatic rings. The van der Waals surface area contributed by atoms with Crippen LogP contribution in [0.15, 0.2) is 53.4 Å². The van der Waals surface area contributed by atoms with E-state index in [2.05, 4.69) is 5.32 Å². The molecule has 30 heavy (non-hydrogen) atoms. The molecule has 1 saturated heterocycles. The molecule has 2 heterocycles. The summed E-state index contributed by atoms with van der Waals surface area (Å²) < 4.78 is 29.3. The first-order chi connectivity index (χ1) is 14.4. The number of aromatic nitrogens is 1. The van der Waals surface area contributed by atoms with E-state index >= 15 is 0 Å². The number of piperidine rings is 1. The van der Waals surface area contributed by atoms with Gasteiger partial charge in [0.25, 0.3) is 5.91 Å². The number of nitrogens with zero attached hydrogens (tertiary/aromatic N) is 2. The molecule has 0 bridgehead atoms. The summed E-state index contributed by atoms with van der Waals surface area (Å²) in [6.45, 7) is 3.60. The summed E-state index contributed by atoms with van der Waals surface area (Å²) in [6, 6.07) is 14.8. The molecule has 158 valence electrons. The van der Waals surface area contributed by atoms with Gasteiger partial charge in [-0.15, -0.1) is 0 Å². The number of nitrogens with one attached hydrogen (secondary N) is 1. The Morgan fingerprint density at radius 1 is 1.03 bits per heavy atom. The zero-order valence-electron chi connectivity index (χ0n) is 17.4. The van der Waals surface area contributed by atoms with Crippen LogP contribution in [0.4, 0.5) is 0 Å². The molecular weight excluding hydrogens is 398 g/mol. The number of aryl methyl sites for hydroxylation is 2. The normalized spacial score (nSPS) is 15.4. The molecule has 4 rings (SSSR count). The second kappa shape index (κ2) is 8.24. The lowest BCUT2D eigenvalue weighted by Crippen LogP contribution is -2.35. The van der Waals surface area contributed by atoms with Crippen molar-refractivity contribution in [3.63, 3.8) is 0 Å². The molecule has 0 saturated carbocycles. The fourth-order valence-electron chi connectivity index (χ4n) is 4.03. The van der Waals surface area contributed by atoms with Crippen molar-refractivity contribution in [3.05, 3.63) is 65.4 Å². The fourth-order valence-corrected chi connectivity index (χ4v) is 5.59. The minimum Gasteiger partial charge on any atom is -0.347 e. The van der Waals surface area contributed by atoms with E-state index in [1.165, 1.54) is 0 Å². The summed E-state index contributed by atoms with van der Waals surface area (Å²) in [6.07, 6.45) is 2.88. The van der Waals surface area contributed by atoms with Crippen molar-refractivity contribution in [2.24, 2.45) is 7.05 Å². The van der Waals surface area contributed by atoms with E-state index in [1.54, 1.807) is 33.1 Å². The number of amides is 1. The number of hydrogen-bond donors (Lipinski definition) is 1. The van der Waals surface area contributed by atoms with Gasteiger partial charge in [-0.25, -0.2) is 8.42 Å². The lowest BCUT2D eigenvalue weighted by Gasteiger charge is -2.25. The Balaban J connectivity index is 1.59. The second-order valence-electron chi connectivity index (χ2n) is 7.88. The molecule has 0 spiro atoms. The average molecular weight is 426 g/mol. The third-order valence-corrected chi connectivity index (χ3v) is 7.79. The highest BCUT2D eigenvalue weighted by atomic mass is 32.2. The minimum atomic E-state index is -3.50. The molecule has 0 aliphatic carbocycles. The van der Waals surface area contributed by atoms with Gasteiger partial charge in [0.15, 0.2) is 0 Å². The second-order valence-corrected chi connectivity index (χ2v) is 9.82. The Kier molecular flexibility index (Phi) is 5.66. The monoisotopic (exact) mass is 425 g/mol. The van der Waals surface area contributed by atoms with Crippen molar-refractivity contribution in [1.29, 1.82) is 0 Å². The van der Waals surface area contributed by atoms with Crippen LogP contribution in [0.1, 0.15) is 40.9 Å². The van der Waals surface area contributed by atoms with Crippen LogP contribution in [0.25, 0.3) is 10.9 Å². The van der Waals surface area contributed by atoms with Gasteiger partial charge in [0.1, 0.15) is 5.69 Å². The first-order valence-corrected chi connectivity index (χ1v) is 11.7. The number of hydrogen-bond acceptors (Lipinski definition) is 3. The zero-order chi connectivity index (χ0) is 21.3. The van der Waals surface area contributed by atoms with Gasteiger partial charge in [0.2, 0.25) is 10.0 Å². The Hall–Kier alpha value is -2.64. The van der Waals surface area contributed by atoms with Gasteiger partial charge >= 0.3 is 0 Å². The standard InChI is InChI=1S/C23H27N3O3S/c1-17-8-4-5-9-18(17)16-24-23(27)22-15-19-14-20(10-11-21(19)25(22)2)30(28,29)26-12-6-3-7-13-26/h4-5,8-11,14-15H,3,6-7,12-13,16H2,1-2H3,(H,24,27). The number of sulfonamides is 1. The maximum atomic E-state index is 13.0. The Morgan fingerprint density at radius 3 is 2.50 bits per heavy atom. The molecule has 6 nitrogen and oxygen atoms in total. The van der Waals surface area contributed by atoms with Gasteiger partial charge in [-0.05, 0) is 55.2 Å². The lowest BCUT2D eigenvalue weighted by molar-refractivity contribution is 0.0943. The fraction of sp³-hybridized carbons (Fsp3) is 0.348. The molecule has 0 atom stereocenters. The van der Waals surface area contributed by atoms with Crippen molar-refractivity contribution < 1.29 is 13.2 Å². The van der Waals surface area contributed by atoms with E-state index in [-0.39, 0.29) is 10.8 Å². The van der Waals surface area contributed by atoms with Gasteiger partial charge < -0.3 is 9.88 Å². The van der Waals surface area contributed by atoms with Gasteiger partial charge in [-0.1, -0.05) is 30.7 Å². The third kappa shape index (κ3) is 3.87. The summed E-state index contributed by atoms with van der Waals surface area (Å²) in [5, 5.41) is 3.72. The molecule has 1 fully saturated rings. The lowest BCUT2D eigenvalue weighted by atomic mass is 10.1. The van der Waals surface area contributed by atoms with Crippen molar-refractivity contribution in [3.8, 4) is 0 Å². The van der Waals surface area contributed by atoms with E-state index in [1.807, 2.05) is 38.2 Å². The zero-order valence-corrected chi connectivity index (χ0v) is 18.2. The first-order valence-electron chi connectivity index (χ1n) is 10.3. The largest absolute Gasteiger partial charge is 0.347 e. The van der Waals surface area contributed by atoms with Crippen molar-refractivity contribution in [1.82, 2.24) is 14.2 Å². The Bertz CT molecular complexity index is 1190. The van der Waals surface area contributed by atoms with Crippen molar-refractivity contribution >= 4 is 26.8 Å².